The fourth-order valence-corrected chi connectivity index (χ4v) is 4.86. The van der Waals surface area contributed by atoms with Gasteiger partial charge in [-0.25, -0.2) is 5.01 Å². The number of hydrazone groups is 1. The number of ketones is 1. The average Bonchev–Trinajstić information content (AvgIpc) is 3.34. The Morgan fingerprint density at radius 3 is 2.32 bits per heavy atom. The van der Waals surface area contributed by atoms with Gasteiger partial charge in [0.05, 0.1) is 12.8 Å². The van der Waals surface area contributed by atoms with Gasteiger partial charge in [-0.15, -0.1) is 5.10 Å². The van der Waals surface area contributed by atoms with E-state index in [4.69, 9.17) is 26.2 Å². The number of carbonyl (C=O) groups excluding carboxylic acids is 1. The van der Waals surface area contributed by atoms with Crippen LogP contribution in [0.1, 0.15) is 24.2 Å². The number of ether oxygens (including phenoxy) is 2. The van der Waals surface area contributed by atoms with Crippen molar-refractivity contribution >= 4 is 50.5 Å². The number of methoxy groups -OCH3 is 1. The van der Waals surface area contributed by atoms with Gasteiger partial charge >= 0.3 is 0 Å². The molecule has 0 bridgehead atoms. The summed E-state index contributed by atoms with van der Waals surface area (Å²) in [5.74, 6) is 1.27. The molecule has 8 heteroatoms. The van der Waals surface area contributed by atoms with Gasteiger partial charge in [-0.05, 0) is 48.5 Å². The van der Waals surface area contributed by atoms with Crippen molar-refractivity contribution in [3.05, 3.63) is 118 Å². The number of anilines is 2. The number of nitrogens with zero attached hydrogens (tertiary/aromatic N) is 3. The SMILES string of the molecule is COc1cccc(C2N(c3ccccc3)N=C(C(C)=O)N2c2ccc(Br)cc2)c1OCc1ccccc1Cl. The highest BCUT2D eigenvalue weighted by Gasteiger charge is 2.41. The van der Waals surface area contributed by atoms with Crippen LogP contribution in [0.15, 0.2) is 107 Å². The zero-order chi connectivity index (χ0) is 26.6. The molecule has 0 saturated carbocycles. The van der Waals surface area contributed by atoms with E-state index in [1.165, 1.54) is 6.92 Å². The molecule has 0 aliphatic carbocycles. The lowest BCUT2D eigenvalue weighted by Gasteiger charge is -2.33. The molecule has 1 unspecified atom stereocenters. The first-order valence-corrected chi connectivity index (χ1v) is 13.2. The van der Waals surface area contributed by atoms with Gasteiger partial charge in [0, 0.05) is 33.2 Å². The molecule has 0 radical (unpaired) electrons. The Morgan fingerprint density at radius 2 is 1.63 bits per heavy atom. The summed E-state index contributed by atoms with van der Waals surface area (Å²) in [6, 6.07) is 30.8. The van der Waals surface area contributed by atoms with Crippen molar-refractivity contribution in [2.75, 3.05) is 17.0 Å². The van der Waals surface area contributed by atoms with Gasteiger partial charge in [-0.2, -0.15) is 0 Å². The van der Waals surface area contributed by atoms with E-state index >= 15 is 0 Å². The molecule has 0 N–H and O–H groups in total. The van der Waals surface area contributed by atoms with Gasteiger partial charge in [-0.3, -0.25) is 9.69 Å². The fourth-order valence-electron chi connectivity index (χ4n) is 4.40. The third-order valence-corrected chi connectivity index (χ3v) is 7.08. The Hall–Kier alpha value is -3.81. The first kappa shape index (κ1) is 25.8. The molecule has 4 aromatic carbocycles. The molecule has 0 spiro atoms. The van der Waals surface area contributed by atoms with Crippen LogP contribution >= 0.6 is 27.5 Å². The maximum absolute atomic E-state index is 12.9. The second-order valence-electron chi connectivity index (χ2n) is 8.64. The van der Waals surface area contributed by atoms with E-state index in [0.717, 1.165) is 27.0 Å². The third-order valence-electron chi connectivity index (χ3n) is 6.18. The summed E-state index contributed by atoms with van der Waals surface area (Å²) in [7, 11) is 1.61. The lowest BCUT2D eigenvalue weighted by Crippen LogP contribution is -2.38. The molecule has 0 fully saturated rings. The van der Waals surface area contributed by atoms with Crippen molar-refractivity contribution in [1.29, 1.82) is 0 Å². The predicted octanol–water partition coefficient (Wildman–Crippen LogP) is 7.62. The first-order valence-electron chi connectivity index (χ1n) is 12.0. The Morgan fingerprint density at radius 1 is 0.921 bits per heavy atom. The van der Waals surface area contributed by atoms with Crippen LogP contribution in [0, 0.1) is 0 Å². The summed E-state index contributed by atoms with van der Waals surface area (Å²) < 4.78 is 13.1. The van der Waals surface area contributed by atoms with Crippen LogP contribution in [-0.4, -0.2) is 18.7 Å². The van der Waals surface area contributed by atoms with Crippen molar-refractivity contribution in [3.8, 4) is 11.5 Å². The number of hydrogen-bond acceptors (Lipinski definition) is 6. The predicted molar refractivity (Wildman–Crippen MR) is 155 cm³/mol. The highest BCUT2D eigenvalue weighted by molar-refractivity contribution is 9.10. The van der Waals surface area contributed by atoms with Crippen molar-refractivity contribution in [1.82, 2.24) is 0 Å². The second-order valence-corrected chi connectivity index (χ2v) is 9.96. The Kier molecular flexibility index (Phi) is 7.67. The number of benzene rings is 4. The lowest BCUT2D eigenvalue weighted by atomic mass is 10.1. The van der Waals surface area contributed by atoms with Crippen molar-refractivity contribution < 1.29 is 14.3 Å². The largest absolute Gasteiger partial charge is 0.493 e. The summed E-state index contributed by atoms with van der Waals surface area (Å²) in [4.78, 5) is 14.9. The number of hydrogen-bond donors (Lipinski definition) is 0. The topological polar surface area (TPSA) is 54.4 Å². The summed E-state index contributed by atoms with van der Waals surface area (Å²) in [6.07, 6.45) is -0.533. The van der Waals surface area contributed by atoms with Gasteiger partial charge in [0.15, 0.2) is 29.3 Å². The van der Waals surface area contributed by atoms with Crippen LogP contribution in [0.5, 0.6) is 11.5 Å². The number of carbonyl (C=O) groups is 1. The van der Waals surface area contributed by atoms with E-state index in [1.807, 2.05) is 107 Å². The number of rotatable bonds is 8. The minimum atomic E-state index is -0.533. The van der Waals surface area contributed by atoms with E-state index in [9.17, 15) is 4.79 Å². The van der Waals surface area contributed by atoms with E-state index < -0.39 is 6.17 Å². The van der Waals surface area contributed by atoms with Gasteiger partial charge in [-0.1, -0.05) is 76.1 Å². The summed E-state index contributed by atoms with van der Waals surface area (Å²) in [6.45, 7) is 1.76. The Bertz CT molecular complexity index is 1480. The molecule has 192 valence electrons. The molecule has 1 atom stereocenters. The van der Waals surface area contributed by atoms with Gasteiger partial charge < -0.3 is 9.47 Å². The van der Waals surface area contributed by atoms with E-state index in [1.54, 1.807) is 7.11 Å². The third kappa shape index (κ3) is 5.12. The van der Waals surface area contributed by atoms with Crippen LogP contribution < -0.4 is 19.4 Å². The Balaban J connectivity index is 1.67. The van der Waals surface area contributed by atoms with Crippen LogP contribution in [0.3, 0.4) is 0 Å². The smallest absolute Gasteiger partial charge is 0.198 e. The van der Waals surface area contributed by atoms with Crippen molar-refractivity contribution in [3.63, 3.8) is 0 Å². The highest BCUT2D eigenvalue weighted by atomic mass is 79.9. The van der Waals surface area contributed by atoms with Gasteiger partial charge in [0.1, 0.15) is 6.61 Å². The van der Waals surface area contributed by atoms with Gasteiger partial charge in [0.25, 0.3) is 0 Å². The first-order chi connectivity index (χ1) is 18.5. The summed E-state index contributed by atoms with van der Waals surface area (Å²) in [5, 5.41) is 7.29. The molecule has 0 saturated heterocycles. The zero-order valence-electron chi connectivity index (χ0n) is 20.8. The molecule has 4 aromatic rings. The van der Waals surface area contributed by atoms with E-state index in [-0.39, 0.29) is 12.4 Å². The molecule has 1 heterocycles. The number of halogens is 2. The maximum atomic E-state index is 12.9. The second kappa shape index (κ2) is 11.3. The fraction of sp³-hybridized carbons (Fsp3) is 0.133. The van der Waals surface area contributed by atoms with Crippen molar-refractivity contribution in [2.24, 2.45) is 5.10 Å². The minimum absolute atomic E-state index is 0.155. The van der Waals surface area contributed by atoms with Crippen LogP contribution in [0.25, 0.3) is 0 Å². The van der Waals surface area contributed by atoms with Crippen LogP contribution in [0.2, 0.25) is 5.02 Å². The quantitative estimate of drug-likeness (QED) is 0.211. The van der Waals surface area contributed by atoms with Crippen molar-refractivity contribution in [2.45, 2.75) is 19.7 Å². The summed E-state index contributed by atoms with van der Waals surface area (Å²) >= 11 is 9.93. The lowest BCUT2D eigenvalue weighted by molar-refractivity contribution is -0.111. The Labute approximate surface area is 235 Å². The zero-order valence-corrected chi connectivity index (χ0v) is 23.2. The standard InChI is InChI=1S/C30H25BrClN3O3/c1-20(36)29-33-35(24-10-4-3-5-11-24)30(34(29)23-17-15-22(31)16-18-23)25-12-8-14-27(37-2)28(25)38-19-21-9-6-7-13-26(21)32/h3-18,30H,19H2,1-2H3. The van der Waals surface area contributed by atoms with E-state index in [2.05, 4.69) is 15.9 Å². The number of Topliss-reactive ketones (excluding diaryl/α,β-unsaturated/α-hetero) is 1. The monoisotopic (exact) mass is 589 g/mol. The minimum Gasteiger partial charge on any atom is -0.493 e. The molecule has 5 rings (SSSR count). The van der Waals surface area contributed by atoms with Crippen LogP contribution in [-0.2, 0) is 11.4 Å². The molecule has 0 aromatic heterocycles. The molecule has 6 nitrogen and oxygen atoms in total. The molecule has 38 heavy (non-hydrogen) atoms. The van der Waals surface area contributed by atoms with Crippen LogP contribution in [0.4, 0.5) is 11.4 Å². The molecular weight excluding hydrogens is 566 g/mol. The highest BCUT2D eigenvalue weighted by Crippen LogP contribution is 2.45. The molecule has 1 aliphatic heterocycles. The average molecular weight is 591 g/mol. The molecule has 0 amide bonds. The van der Waals surface area contributed by atoms with E-state index in [0.29, 0.717) is 22.4 Å². The normalized spacial score (nSPS) is 14.8. The number of para-hydroxylation sites is 2. The molecular formula is C30H25BrClN3O3. The van der Waals surface area contributed by atoms with Gasteiger partial charge in [0.2, 0.25) is 0 Å². The molecule has 1 aliphatic rings. The summed E-state index contributed by atoms with van der Waals surface area (Å²) in [5.41, 5.74) is 3.27. The maximum Gasteiger partial charge on any atom is 0.198 e. The number of amidine groups is 1.